The van der Waals surface area contributed by atoms with Gasteiger partial charge in [0.25, 0.3) is 10.0 Å². The predicted octanol–water partition coefficient (Wildman–Crippen LogP) is 0.427. The Labute approximate surface area is 106 Å². The van der Waals surface area contributed by atoms with Gasteiger partial charge in [-0.1, -0.05) is 12.1 Å². The van der Waals surface area contributed by atoms with Crippen LogP contribution < -0.4 is 4.72 Å². The number of nitrogens with one attached hydrogen (secondary N) is 1. The van der Waals surface area contributed by atoms with Gasteiger partial charge in [-0.25, -0.2) is 17.9 Å². The summed E-state index contributed by atoms with van der Waals surface area (Å²) in [4.78, 5) is 21.7. The molecule has 6 nitrogen and oxygen atoms in total. The van der Waals surface area contributed by atoms with Crippen molar-refractivity contribution in [3.05, 3.63) is 28.7 Å². The molecule has 92 valence electrons. The van der Waals surface area contributed by atoms with Crippen LogP contribution in [0.5, 0.6) is 0 Å². The molecule has 0 aliphatic heterocycles. The number of carbonyl (C=O) groups excluding carboxylic acids is 2. The summed E-state index contributed by atoms with van der Waals surface area (Å²) in [5, 5.41) is 0. The zero-order valence-electron chi connectivity index (χ0n) is 8.64. The lowest BCUT2D eigenvalue weighted by Gasteiger charge is -2.06. The molecular weight excluding hydrogens is 314 g/mol. The van der Waals surface area contributed by atoms with E-state index in [0.29, 0.717) is 0 Å². The number of halogens is 1. The predicted molar refractivity (Wildman–Crippen MR) is 61.5 cm³/mol. The van der Waals surface area contributed by atoms with Crippen LogP contribution in [0.15, 0.2) is 33.6 Å². The fourth-order valence-corrected chi connectivity index (χ4v) is 2.92. The highest BCUT2D eigenvalue weighted by molar-refractivity contribution is 9.10. The van der Waals surface area contributed by atoms with E-state index in [1.54, 1.807) is 10.8 Å². The summed E-state index contributed by atoms with van der Waals surface area (Å²) in [5.41, 5.74) is 0. The van der Waals surface area contributed by atoms with Gasteiger partial charge in [0.1, 0.15) is 4.90 Å². The topological polar surface area (TPSA) is 89.5 Å². The number of carbonyl (C=O) groups is 2. The Balaban J connectivity index is 3.02. The third-order valence-electron chi connectivity index (χ3n) is 1.72. The van der Waals surface area contributed by atoms with Crippen molar-refractivity contribution in [2.45, 2.75) is 4.90 Å². The maximum atomic E-state index is 11.7. The van der Waals surface area contributed by atoms with Gasteiger partial charge < -0.3 is 4.74 Å². The Morgan fingerprint density at radius 2 is 1.88 bits per heavy atom. The van der Waals surface area contributed by atoms with E-state index in [1.165, 1.54) is 18.2 Å². The van der Waals surface area contributed by atoms with Gasteiger partial charge in [-0.2, -0.15) is 0 Å². The fourth-order valence-electron chi connectivity index (χ4n) is 0.974. The average Bonchev–Trinajstić information content (AvgIpc) is 2.27. The van der Waals surface area contributed by atoms with Crippen LogP contribution in [0.3, 0.4) is 0 Å². The molecule has 0 bridgehead atoms. The smallest absolute Gasteiger partial charge is 0.397 e. The molecular formula is C9H8BrNO5S. The van der Waals surface area contributed by atoms with E-state index in [0.717, 1.165) is 7.11 Å². The molecule has 1 rings (SSSR count). The van der Waals surface area contributed by atoms with Crippen LogP contribution in [0.25, 0.3) is 0 Å². The molecule has 0 aromatic heterocycles. The van der Waals surface area contributed by atoms with Crippen molar-refractivity contribution in [1.82, 2.24) is 4.72 Å². The Bertz CT molecular complexity index is 554. The molecule has 1 aromatic rings. The average molecular weight is 322 g/mol. The number of amides is 1. The minimum atomic E-state index is -4.09. The van der Waals surface area contributed by atoms with Gasteiger partial charge in [-0.3, -0.25) is 4.79 Å². The van der Waals surface area contributed by atoms with Gasteiger partial charge in [0, 0.05) is 4.47 Å². The second-order valence-electron chi connectivity index (χ2n) is 2.86. The lowest BCUT2D eigenvalue weighted by atomic mass is 10.4. The largest absolute Gasteiger partial charge is 0.462 e. The summed E-state index contributed by atoms with van der Waals surface area (Å²) >= 11 is 3.03. The Morgan fingerprint density at radius 1 is 1.29 bits per heavy atom. The second-order valence-corrected chi connectivity index (χ2v) is 5.36. The first-order valence-corrected chi connectivity index (χ1v) is 6.55. The molecule has 8 heteroatoms. The van der Waals surface area contributed by atoms with Gasteiger partial charge >= 0.3 is 11.9 Å². The van der Waals surface area contributed by atoms with Crippen molar-refractivity contribution in [1.29, 1.82) is 0 Å². The highest BCUT2D eigenvalue weighted by atomic mass is 79.9. The maximum Gasteiger partial charge on any atom is 0.397 e. The van der Waals surface area contributed by atoms with Gasteiger partial charge in [0.05, 0.1) is 7.11 Å². The minimum Gasteiger partial charge on any atom is -0.462 e. The van der Waals surface area contributed by atoms with E-state index in [9.17, 15) is 18.0 Å². The summed E-state index contributed by atoms with van der Waals surface area (Å²) in [6.45, 7) is 0. The standard InChI is InChI=1S/C9H8BrNO5S/c1-16-9(13)8(12)11-17(14,15)7-5-3-2-4-6(7)10/h2-5H,1H3,(H,11,12). The normalized spacial score (nSPS) is 10.7. The van der Waals surface area contributed by atoms with Crippen LogP contribution in [0.2, 0.25) is 0 Å². The first-order valence-electron chi connectivity index (χ1n) is 4.28. The van der Waals surface area contributed by atoms with Crippen LogP contribution in [-0.4, -0.2) is 27.4 Å². The van der Waals surface area contributed by atoms with E-state index < -0.39 is 21.9 Å². The van der Waals surface area contributed by atoms with Crippen LogP contribution in [0, 0.1) is 0 Å². The van der Waals surface area contributed by atoms with Crippen LogP contribution in [-0.2, 0) is 24.3 Å². The summed E-state index contributed by atoms with van der Waals surface area (Å²) < 4.78 is 29.4. The lowest BCUT2D eigenvalue weighted by molar-refractivity contribution is -0.151. The van der Waals surface area contributed by atoms with Crippen LogP contribution in [0.4, 0.5) is 0 Å². The zero-order valence-corrected chi connectivity index (χ0v) is 11.0. The number of hydrogen-bond acceptors (Lipinski definition) is 5. The van der Waals surface area contributed by atoms with Crippen LogP contribution >= 0.6 is 15.9 Å². The Hall–Kier alpha value is -1.41. The quantitative estimate of drug-likeness (QED) is 0.630. The van der Waals surface area contributed by atoms with E-state index in [2.05, 4.69) is 20.7 Å². The number of rotatable bonds is 2. The SMILES string of the molecule is COC(=O)C(=O)NS(=O)(=O)c1ccccc1Br. The Morgan fingerprint density at radius 3 is 2.41 bits per heavy atom. The molecule has 1 amide bonds. The molecule has 1 N–H and O–H groups in total. The van der Waals surface area contributed by atoms with Gasteiger partial charge in [0.15, 0.2) is 0 Å². The number of benzene rings is 1. The number of hydrogen-bond donors (Lipinski definition) is 1. The molecule has 0 heterocycles. The highest BCUT2D eigenvalue weighted by Crippen LogP contribution is 2.20. The number of ether oxygens (including phenoxy) is 1. The van der Waals surface area contributed by atoms with Gasteiger partial charge in [0.2, 0.25) is 0 Å². The van der Waals surface area contributed by atoms with Crippen molar-refractivity contribution in [3.63, 3.8) is 0 Å². The van der Waals surface area contributed by atoms with Crippen molar-refractivity contribution in [2.24, 2.45) is 0 Å². The molecule has 1 aromatic carbocycles. The monoisotopic (exact) mass is 321 g/mol. The number of sulfonamides is 1. The molecule has 0 aliphatic rings. The first kappa shape index (κ1) is 13.7. The highest BCUT2D eigenvalue weighted by Gasteiger charge is 2.24. The molecule has 17 heavy (non-hydrogen) atoms. The van der Waals surface area contributed by atoms with E-state index >= 15 is 0 Å². The van der Waals surface area contributed by atoms with Crippen molar-refractivity contribution < 1.29 is 22.7 Å². The summed E-state index contributed by atoms with van der Waals surface area (Å²) in [6, 6.07) is 5.89. The number of methoxy groups -OCH3 is 1. The van der Waals surface area contributed by atoms with Gasteiger partial charge in [-0.05, 0) is 28.1 Å². The van der Waals surface area contributed by atoms with Crippen molar-refractivity contribution >= 4 is 37.8 Å². The maximum absolute atomic E-state index is 11.7. The van der Waals surface area contributed by atoms with E-state index in [-0.39, 0.29) is 9.37 Å². The zero-order chi connectivity index (χ0) is 13.1. The van der Waals surface area contributed by atoms with Gasteiger partial charge in [-0.15, -0.1) is 0 Å². The first-order chi connectivity index (χ1) is 7.88. The minimum absolute atomic E-state index is 0.141. The Kier molecular flexibility index (Phi) is 4.24. The van der Waals surface area contributed by atoms with E-state index in [1.807, 2.05) is 0 Å². The third-order valence-corrected chi connectivity index (χ3v) is 4.07. The fraction of sp³-hybridized carbons (Fsp3) is 0.111. The summed E-state index contributed by atoms with van der Waals surface area (Å²) in [6.07, 6.45) is 0. The van der Waals surface area contributed by atoms with Crippen molar-refractivity contribution in [3.8, 4) is 0 Å². The molecule has 0 spiro atoms. The number of esters is 1. The van der Waals surface area contributed by atoms with Crippen LogP contribution in [0.1, 0.15) is 0 Å². The van der Waals surface area contributed by atoms with E-state index in [4.69, 9.17) is 0 Å². The molecule has 0 fully saturated rings. The third kappa shape index (κ3) is 3.27. The molecule has 0 radical (unpaired) electrons. The molecule has 0 saturated heterocycles. The lowest BCUT2D eigenvalue weighted by Crippen LogP contribution is -2.36. The molecule has 0 aliphatic carbocycles. The van der Waals surface area contributed by atoms with Crippen molar-refractivity contribution in [2.75, 3.05) is 7.11 Å². The summed E-state index contributed by atoms with van der Waals surface area (Å²) in [7, 11) is -3.11. The molecule has 0 atom stereocenters. The molecule has 0 unspecified atom stereocenters. The molecule has 0 saturated carbocycles. The second kappa shape index (κ2) is 5.28. The summed E-state index contributed by atoms with van der Waals surface area (Å²) in [5.74, 6) is -2.62.